The number of nitriles is 1. The monoisotopic (exact) mass is 233 g/mol. The van der Waals surface area contributed by atoms with E-state index in [4.69, 9.17) is 5.26 Å². The van der Waals surface area contributed by atoms with Crippen LogP contribution >= 0.6 is 0 Å². The molecular formula is C15H11N3. The van der Waals surface area contributed by atoms with Crippen molar-refractivity contribution in [2.75, 3.05) is 5.32 Å². The number of nitrogens with one attached hydrogen (secondary N) is 2. The van der Waals surface area contributed by atoms with Crippen LogP contribution in [0.4, 0.5) is 11.4 Å². The van der Waals surface area contributed by atoms with Gasteiger partial charge in [-0.1, -0.05) is 18.2 Å². The molecule has 0 fully saturated rings. The van der Waals surface area contributed by atoms with E-state index < -0.39 is 0 Å². The van der Waals surface area contributed by atoms with E-state index in [1.54, 1.807) is 12.1 Å². The Morgan fingerprint density at radius 2 is 1.78 bits per heavy atom. The summed E-state index contributed by atoms with van der Waals surface area (Å²) in [6, 6.07) is 17.6. The van der Waals surface area contributed by atoms with Crippen LogP contribution in [0.25, 0.3) is 10.9 Å². The van der Waals surface area contributed by atoms with E-state index in [1.165, 1.54) is 0 Å². The molecule has 86 valence electrons. The van der Waals surface area contributed by atoms with E-state index >= 15 is 0 Å². The molecule has 3 rings (SSSR count). The second-order valence-electron chi connectivity index (χ2n) is 4.06. The molecule has 0 unspecified atom stereocenters. The normalized spacial score (nSPS) is 10.2. The summed E-state index contributed by atoms with van der Waals surface area (Å²) in [7, 11) is 0. The molecule has 1 aromatic heterocycles. The molecule has 3 nitrogen and oxygen atoms in total. The standard InChI is InChI=1S/C15H11N3/c16-9-11-5-7-12(8-6-11)18-15-10-17-14-4-2-1-3-13(14)15/h1-8,10,17-18H. The van der Waals surface area contributed by atoms with Crippen molar-refractivity contribution < 1.29 is 0 Å². The largest absolute Gasteiger partial charge is 0.359 e. The summed E-state index contributed by atoms with van der Waals surface area (Å²) in [6.45, 7) is 0. The van der Waals surface area contributed by atoms with E-state index in [0.717, 1.165) is 22.3 Å². The highest BCUT2D eigenvalue weighted by Gasteiger charge is 2.02. The van der Waals surface area contributed by atoms with Crippen molar-refractivity contribution in [3.8, 4) is 6.07 Å². The van der Waals surface area contributed by atoms with Crippen LogP contribution < -0.4 is 5.32 Å². The molecule has 3 aromatic rings. The SMILES string of the molecule is N#Cc1ccc(Nc2c[nH]c3ccccc23)cc1. The van der Waals surface area contributed by atoms with Gasteiger partial charge in [-0.25, -0.2) is 0 Å². The highest BCUT2D eigenvalue weighted by atomic mass is 14.9. The smallest absolute Gasteiger partial charge is 0.0991 e. The van der Waals surface area contributed by atoms with Crippen LogP contribution in [-0.4, -0.2) is 4.98 Å². The topological polar surface area (TPSA) is 51.6 Å². The van der Waals surface area contributed by atoms with Crippen molar-refractivity contribution in [3.63, 3.8) is 0 Å². The van der Waals surface area contributed by atoms with Crippen molar-refractivity contribution in [1.29, 1.82) is 5.26 Å². The minimum absolute atomic E-state index is 0.666. The third-order valence-electron chi connectivity index (χ3n) is 2.88. The van der Waals surface area contributed by atoms with Gasteiger partial charge >= 0.3 is 0 Å². The molecule has 18 heavy (non-hydrogen) atoms. The van der Waals surface area contributed by atoms with Crippen LogP contribution in [0.15, 0.2) is 54.7 Å². The number of hydrogen-bond acceptors (Lipinski definition) is 2. The maximum atomic E-state index is 8.75. The van der Waals surface area contributed by atoms with Crippen molar-refractivity contribution in [2.24, 2.45) is 0 Å². The summed E-state index contributed by atoms with van der Waals surface area (Å²) in [5.41, 5.74) is 3.78. The first kappa shape index (κ1) is 10.4. The number of hydrogen-bond donors (Lipinski definition) is 2. The third kappa shape index (κ3) is 1.80. The van der Waals surface area contributed by atoms with Gasteiger partial charge in [0.05, 0.1) is 17.3 Å². The number of aromatic amines is 1. The maximum absolute atomic E-state index is 8.75. The quantitative estimate of drug-likeness (QED) is 0.707. The molecule has 0 amide bonds. The van der Waals surface area contributed by atoms with Crippen molar-refractivity contribution in [2.45, 2.75) is 0 Å². The highest BCUT2D eigenvalue weighted by molar-refractivity contribution is 5.93. The highest BCUT2D eigenvalue weighted by Crippen LogP contribution is 2.25. The van der Waals surface area contributed by atoms with Crippen molar-refractivity contribution >= 4 is 22.3 Å². The van der Waals surface area contributed by atoms with Gasteiger partial charge in [-0.05, 0) is 30.3 Å². The van der Waals surface area contributed by atoms with E-state index in [1.807, 2.05) is 36.5 Å². The molecule has 0 aliphatic rings. The van der Waals surface area contributed by atoms with Crippen LogP contribution in [0.5, 0.6) is 0 Å². The summed E-state index contributed by atoms with van der Waals surface area (Å²) >= 11 is 0. The number of benzene rings is 2. The van der Waals surface area contributed by atoms with Gasteiger partial charge in [0.15, 0.2) is 0 Å². The van der Waals surface area contributed by atoms with Gasteiger partial charge in [0.25, 0.3) is 0 Å². The second kappa shape index (κ2) is 4.27. The van der Waals surface area contributed by atoms with Crippen LogP contribution in [0, 0.1) is 11.3 Å². The Kier molecular flexibility index (Phi) is 2.47. The first-order chi connectivity index (χ1) is 8.86. The molecule has 0 aliphatic carbocycles. The van der Waals surface area contributed by atoms with Crippen molar-refractivity contribution in [1.82, 2.24) is 4.98 Å². The molecule has 0 radical (unpaired) electrons. The van der Waals surface area contributed by atoms with Crippen LogP contribution in [0.1, 0.15) is 5.56 Å². The van der Waals surface area contributed by atoms with E-state index in [-0.39, 0.29) is 0 Å². The summed E-state index contributed by atoms with van der Waals surface area (Å²) in [6.07, 6.45) is 1.95. The third-order valence-corrected chi connectivity index (χ3v) is 2.88. The van der Waals surface area contributed by atoms with Gasteiger partial charge in [0, 0.05) is 22.8 Å². The predicted octanol–water partition coefficient (Wildman–Crippen LogP) is 3.78. The molecule has 3 heteroatoms. The number of nitrogens with zero attached hydrogens (tertiary/aromatic N) is 1. The number of anilines is 2. The molecule has 0 atom stereocenters. The zero-order chi connectivity index (χ0) is 12.4. The lowest BCUT2D eigenvalue weighted by molar-refractivity contribution is 1.46. The zero-order valence-corrected chi connectivity index (χ0v) is 9.64. The molecule has 2 aromatic carbocycles. The first-order valence-corrected chi connectivity index (χ1v) is 5.70. The van der Waals surface area contributed by atoms with Gasteiger partial charge in [0.2, 0.25) is 0 Å². The van der Waals surface area contributed by atoms with Gasteiger partial charge in [0.1, 0.15) is 0 Å². The average Bonchev–Trinajstić information content (AvgIpc) is 2.83. The Morgan fingerprint density at radius 3 is 2.56 bits per heavy atom. The molecule has 0 spiro atoms. The maximum Gasteiger partial charge on any atom is 0.0991 e. The molecule has 0 aliphatic heterocycles. The summed E-state index contributed by atoms with van der Waals surface area (Å²) in [4.78, 5) is 3.22. The fourth-order valence-corrected chi connectivity index (χ4v) is 1.96. The lowest BCUT2D eigenvalue weighted by Crippen LogP contribution is -1.88. The summed E-state index contributed by atoms with van der Waals surface area (Å²) < 4.78 is 0. The Labute approximate surface area is 105 Å². The molecular weight excluding hydrogens is 222 g/mol. The predicted molar refractivity (Wildman–Crippen MR) is 72.7 cm³/mol. The number of rotatable bonds is 2. The number of aromatic nitrogens is 1. The molecule has 1 heterocycles. The van der Waals surface area contributed by atoms with E-state index in [9.17, 15) is 0 Å². The average molecular weight is 233 g/mol. The fourth-order valence-electron chi connectivity index (χ4n) is 1.96. The number of H-pyrrole nitrogens is 1. The number of para-hydroxylation sites is 1. The molecule has 0 saturated heterocycles. The van der Waals surface area contributed by atoms with Crippen molar-refractivity contribution in [3.05, 3.63) is 60.3 Å². The second-order valence-corrected chi connectivity index (χ2v) is 4.06. The molecule has 2 N–H and O–H groups in total. The Hall–Kier alpha value is -2.73. The Balaban J connectivity index is 1.94. The Bertz CT molecular complexity index is 717. The summed E-state index contributed by atoms with van der Waals surface area (Å²) in [5.74, 6) is 0. The fraction of sp³-hybridized carbons (Fsp3) is 0. The van der Waals surface area contributed by atoms with E-state index in [0.29, 0.717) is 5.56 Å². The Morgan fingerprint density at radius 1 is 1.00 bits per heavy atom. The lowest BCUT2D eigenvalue weighted by atomic mass is 10.2. The molecule has 0 saturated carbocycles. The number of fused-ring (bicyclic) bond motifs is 1. The van der Waals surface area contributed by atoms with Gasteiger partial charge in [-0.2, -0.15) is 5.26 Å². The molecule has 0 bridgehead atoms. The van der Waals surface area contributed by atoms with Gasteiger partial charge in [-0.15, -0.1) is 0 Å². The minimum Gasteiger partial charge on any atom is -0.359 e. The van der Waals surface area contributed by atoms with Crippen LogP contribution in [0.3, 0.4) is 0 Å². The van der Waals surface area contributed by atoms with Crippen LogP contribution in [-0.2, 0) is 0 Å². The zero-order valence-electron chi connectivity index (χ0n) is 9.64. The minimum atomic E-state index is 0.666. The summed E-state index contributed by atoms with van der Waals surface area (Å²) in [5, 5.41) is 13.2. The lowest BCUT2D eigenvalue weighted by Gasteiger charge is -2.04. The van der Waals surface area contributed by atoms with Gasteiger partial charge in [-0.3, -0.25) is 0 Å². The van der Waals surface area contributed by atoms with Gasteiger partial charge < -0.3 is 10.3 Å². The van der Waals surface area contributed by atoms with Crippen LogP contribution in [0.2, 0.25) is 0 Å². The first-order valence-electron chi connectivity index (χ1n) is 5.70. The van der Waals surface area contributed by atoms with E-state index in [2.05, 4.69) is 22.4 Å².